The summed E-state index contributed by atoms with van der Waals surface area (Å²) in [5.74, 6) is -0.980. The number of aromatic nitrogens is 1. The van der Waals surface area contributed by atoms with Gasteiger partial charge in [0.2, 0.25) is 4.80 Å². The summed E-state index contributed by atoms with van der Waals surface area (Å²) in [5, 5.41) is 25.9. The lowest BCUT2D eigenvalue weighted by atomic mass is 10.2. The summed E-state index contributed by atoms with van der Waals surface area (Å²) in [4.78, 5) is 12.7. The fourth-order valence-electron chi connectivity index (χ4n) is 2.24. The molecule has 128 valence electrons. The smallest absolute Gasteiger partial charge is 0.275 e. The zero-order valence-corrected chi connectivity index (χ0v) is 14.7. The van der Waals surface area contributed by atoms with Crippen molar-refractivity contribution in [1.29, 1.82) is 0 Å². The molecule has 0 aliphatic rings. The first-order chi connectivity index (χ1) is 12.0. The number of rotatable bonds is 3. The quantitative estimate of drug-likeness (QED) is 0.485. The first kappa shape index (κ1) is 17.1. The van der Waals surface area contributed by atoms with Gasteiger partial charge in [0.25, 0.3) is 5.91 Å². The van der Waals surface area contributed by atoms with Crippen molar-refractivity contribution in [2.24, 2.45) is 5.10 Å². The number of phenols is 2. The molecule has 3 aromatic rings. The molecule has 3 rings (SSSR count). The number of aromatic hydroxyl groups is 2. The molecular formula is C17H14ClN3O3S. The molecular weight excluding hydrogens is 362 g/mol. The Morgan fingerprint density at radius 2 is 1.92 bits per heavy atom. The number of aryl methyl sites for hydroxylation is 1. The van der Waals surface area contributed by atoms with E-state index in [1.165, 1.54) is 29.5 Å². The first-order valence-electron chi connectivity index (χ1n) is 7.25. The fraction of sp³-hybridized carbons (Fsp3) is 0.0588. The van der Waals surface area contributed by atoms with Crippen LogP contribution in [0.4, 0.5) is 0 Å². The molecule has 6 nitrogen and oxygen atoms in total. The van der Waals surface area contributed by atoms with Gasteiger partial charge in [-0.3, -0.25) is 9.36 Å². The van der Waals surface area contributed by atoms with E-state index in [9.17, 15) is 15.0 Å². The number of nitrogens with one attached hydrogen (secondary N) is 1. The zero-order chi connectivity index (χ0) is 18.0. The van der Waals surface area contributed by atoms with Crippen LogP contribution >= 0.6 is 22.9 Å². The number of amides is 1. The number of benzene rings is 2. The number of halogens is 1. The Labute approximate surface area is 152 Å². The summed E-state index contributed by atoms with van der Waals surface area (Å²) in [6.45, 7) is 1.92. The molecule has 2 aromatic carbocycles. The minimum absolute atomic E-state index is 0.0601. The van der Waals surface area contributed by atoms with Crippen molar-refractivity contribution >= 4 is 28.8 Å². The third-order valence-corrected chi connectivity index (χ3v) is 4.64. The van der Waals surface area contributed by atoms with E-state index >= 15 is 0 Å². The molecule has 0 saturated carbocycles. The van der Waals surface area contributed by atoms with E-state index in [0.29, 0.717) is 9.82 Å². The third-order valence-electron chi connectivity index (χ3n) is 3.44. The van der Waals surface area contributed by atoms with Gasteiger partial charge in [-0.15, -0.1) is 16.4 Å². The lowest BCUT2D eigenvalue weighted by Crippen LogP contribution is -2.24. The zero-order valence-electron chi connectivity index (χ0n) is 13.1. The summed E-state index contributed by atoms with van der Waals surface area (Å²) in [6.07, 6.45) is 0. The Bertz CT molecular complexity index is 993. The van der Waals surface area contributed by atoms with Crippen LogP contribution in [0.5, 0.6) is 11.5 Å². The number of nitrogens with zero attached hydrogens (tertiary/aromatic N) is 2. The lowest BCUT2D eigenvalue weighted by Gasteiger charge is -2.06. The molecule has 0 fully saturated rings. The Kier molecular flexibility index (Phi) is 4.78. The predicted octanol–water partition coefficient (Wildman–Crippen LogP) is 3.16. The van der Waals surface area contributed by atoms with Gasteiger partial charge in [0.05, 0.1) is 5.56 Å². The largest absolute Gasteiger partial charge is 0.508 e. The molecule has 0 bridgehead atoms. The number of hydrogen-bond acceptors (Lipinski definition) is 5. The number of phenolic OH excluding ortho intramolecular Hbond substituents is 2. The number of carbonyl (C=O) groups is 1. The van der Waals surface area contributed by atoms with E-state index in [1.54, 1.807) is 12.1 Å². The molecule has 1 heterocycles. The molecule has 8 heteroatoms. The Morgan fingerprint density at radius 1 is 1.20 bits per heavy atom. The number of hydrogen-bond donors (Lipinski definition) is 3. The molecule has 0 radical (unpaired) electrons. The third kappa shape index (κ3) is 3.67. The van der Waals surface area contributed by atoms with Crippen LogP contribution in [0, 0.1) is 6.92 Å². The van der Waals surface area contributed by atoms with Crippen molar-refractivity contribution < 1.29 is 15.0 Å². The van der Waals surface area contributed by atoms with Crippen molar-refractivity contribution in [3.8, 4) is 17.2 Å². The van der Waals surface area contributed by atoms with Crippen LogP contribution in [0.2, 0.25) is 5.02 Å². The summed E-state index contributed by atoms with van der Waals surface area (Å²) in [7, 11) is 0. The highest BCUT2D eigenvalue weighted by Crippen LogP contribution is 2.21. The molecule has 1 aromatic heterocycles. The van der Waals surface area contributed by atoms with Crippen LogP contribution in [-0.2, 0) is 0 Å². The Morgan fingerprint density at radius 3 is 2.64 bits per heavy atom. The number of thiazole rings is 1. The minimum atomic E-state index is -0.623. The molecule has 25 heavy (non-hydrogen) atoms. The van der Waals surface area contributed by atoms with Gasteiger partial charge in [-0.25, -0.2) is 5.43 Å². The van der Waals surface area contributed by atoms with Crippen molar-refractivity contribution in [3.05, 3.63) is 68.9 Å². The SMILES string of the molecule is Cc1cs/c(=N/NC(=O)c2cc(O)ccc2O)n1-c1ccc(Cl)cc1. The average Bonchev–Trinajstić information content (AvgIpc) is 2.96. The van der Waals surface area contributed by atoms with Crippen LogP contribution in [0.15, 0.2) is 52.9 Å². The second-order valence-electron chi connectivity index (χ2n) is 5.23. The van der Waals surface area contributed by atoms with Crippen molar-refractivity contribution in [1.82, 2.24) is 9.99 Å². The summed E-state index contributed by atoms with van der Waals surface area (Å²) in [5.41, 5.74) is 4.14. The average molecular weight is 376 g/mol. The number of carbonyl (C=O) groups excluding carboxylic acids is 1. The van der Waals surface area contributed by atoms with Gasteiger partial charge in [-0.2, -0.15) is 0 Å². The molecule has 3 N–H and O–H groups in total. The second kappa shape index (κ2) is 7.00. The van der Waals surface area contributed by atoms with E-state index in [4.69, 9.17) is 11.6 Å². The predicted molar refractivity (Wildman–Crippen MR) is 96.2 cm³/mol. The first-order valence-corrected chi connectivity index (χ1v) is 8.50. The van der Waals surface area contributed by atoms with Gasteiger partial charge in [0.15, 0.2) is 0 Å². The Balaban J connectivity index is 1.94. The van der Waals surface area contributed by atoms with Crippen molar-refractivity contribution in [3.63, 3.8) is 0 Å². The topological polar surface area (TPSA) is 86.8 Å². The maximum absolute atomic E-state index is 12.2. The van der Waals surface area contributed by atoms with Crippen LogP contribution in [-0.4, -0.2) is 20.7 Å². The monoisotopic (exact) mass is 375 g/mol. The summed E-state index contributed by atoms with van der Waals surface area (Å²) < 4.78 is 1.86. The second-order valence-corrected chi connectivity index (χ2v) is 6.50. The standard InChI is InChI=1S/C17H14ClN3O3S/c1-10-9-25-17(21(10)12-4-2-11(18)3-5-12)20-19-16(24)14-8-13(22)6-7-15(14)23/h2-9,22-23H,1H3,(H,19,24)/b20-17+. The van der Waals surface area contributed by atoms with Crippen LogP contribution in [0.3, 0.4) is 0 Å². The van der Waals surface area contributed by atoms with Gasteiger partial charge in [-0.1, -0.05) is 11.6 Å². The summed E-state index contributed by atoms with van der Waals surface area (Å²) in [6, 6.07) is 11.0. The molecule has 0 spiro atoms. The fourth-order valence-corrected chi connectivity index (χ4v) is 3.20. The molecule has 0 aliphatic carbocycles. The van der Waals surface area contributed by atoms with Crippen LogP contribution < -0.4 is 10.2 Å². The molecule has 0 unspecified atom stereocenters. The molecule has 0 saturated heterocycles. The van der Waals surface area contributed by atoms with Crippen LogP contribution in [0.1, 0.15) is 16.1 Å². The molecule has 1 amide bonds. The van der Waals surface area contributed by atoms with E-state index in [0.717, 1.165) is 11.4 Å². The van der Waals surface area contributed by atoms with Crippen molar-refractivity contribution in [2.75, 3.05) is 0 Å². The van der Waals surface area contributed by atoms with E-state index < -0.39 is 5.91 Å². The van der Waals surface area contributed by atoms with Gasteiger partial charge in [0, 0.05) is 21.8 Å². The highest BCUT2D eigenvalue weighted by Gasteiger charge is 2.12. The van der Waals surface area contributed by atoms with Gasteiger partial charge in [0.1, 0.15) is 11.5 Å². The normalized spacial score (nSPS) is 11.5. The molecule has 0 aliphatic heterocycles. The van der Waals surface area contributed by atoms with Gasteiger partial charge >= 0.3 is 0 Å². The van der Waals surface area contributed by atoms with E-state index in [-0.39, 0.29) is 17.1 Å². The van der Waals surface area contributed by atoms with Crippen molar-refractivity contribution in [2.45, 2.75) is 6.92 Å². The summed E-state index contributed by atoms with van der Waals surface area (Å²) >= 11 is 7.28. The maximum atomic E-state index is 12.2. The van der Waals surface area contributed by atoms with Gasteiger partial charge < -0.3 is 10.2 Å². The highest BCUT2D eigenvalue weighted by atomic mass is 35.5. The van der Waals surface area contributed by atoms with E-state index in [2.05, 4.69) is 10.5 Å². The van der Waals surface area contributed by atoms with Crippen LogP contribution in [0.25, 0.3) is 5.69 Å². The highest BCUT2D eigenvalue weighted by molar-refractivity contribution is 7.07. The maximum Gasteiger partial charge on any atom is 0.275 e. The molecule has 0 atom stereocenters. The van der Waals surface area contributed by atoms with Gasteiger partial charge in [-0.05, 0) is 49.4 Å². The lowest BCUT2D eigenvalue weighted by molar-refractivity contribution is 0.0950. The minimum Gasteiger partial charge on any atom is -0.508 e. The van der Waals surface area contributed by atoms with E-state index in [1.807, 2.05) is 29.0 Å². The Hall–Kier alpha value is -2.77.